The topological polar surface area (TPSA) is 46.6 Å². The Morgan fingerprint density at radius 1 is 1.42 bits per heavy atom. The van der Waals surface area contributed by atoms with Crippen molar-refractivity contribution in [2.24, 2.45) is 0 Å². The second-order valence-electron chi connectivity index (χ2n) is 4.25. The maximum Gasteiger partial charge on any atom is 0.325 e. The van der Waals surface area contributed by atoms with E-state index in [0.29, 0.717) is 13.0 Å². The van der Waals surface area contributed by atoms with Crippen LogP contribution in [-0.2, 0) is 14.3 Å². The zero-order chi connectivity index (χ0) is 13.7. The molecule has 1 aliphatic heterocycles. The van der Waals surface area contributed by atoms with Crippen molar-refractivity contribution in [3.05, 3.63) is 30.3 Å². The Kier molecular flexibility index (Phi) is 4.85. The third-order valence-corrected chi connectivity index (χ3v) is 4.20. The van der Waals surface area contributed by atoms with Crippen molar-refractivity contribution in [3.63, 3.8) is 0 Å². The number of thioether (sulfide) groups is 1. The van der Waals surface area contributed by atoms with Gasteiger partial charge >= 0.3 is 5.97 Å². The van der Waals surface area contributed by atoms with E-state index in [1.807, 2.05) is 30.3 Å². The van der Waals surface area contributed by atoms with Crippen LogP contribution in [0.5, 0.6) is 0 Å². The number of nitrogens with zero attached hydrogens (tertiary/aromatic N) is 1. The van der Waals surface area contributed by atoms with E-state index in [9.17, 15) is 9.59 Å². The number of likely N-dealkylation sites (tertiary alicyclic amines) is 1. The molecule has 0 aliphatic carbocycles. The summed E-state index contributed by atoms with van der Waals surface area (Å²) in [6.45, 7) is 2.16. The maximum absolute atomic E-state index is 11.8. The Hall–Kier alpha value is -1.49. The molecular weight excluding hydrogens is 262 g/mol. The molecule has 0 N–H and O–H groups in total. The van der Waals surface area contributed by atoms with Crippen molar-refractivity contribution in [3.8, 4) is 0 Å². The van der Waals surface area contributed by atoms with Crippen molar-refractivity contribution in [1.82, 2.24) is 4.90 Å². The van der Waals surface area contributed by atoms with E-state index in [-0.39, 0.29) is 23.8 Å². The van der Waals surface area contributed by atoms with Crippen LogP contribution in [0.4, 0.5) is 0 Å². The maximum atomic E-state index is 11.8. The van der Waals surface area contributed by atoms with Gasteiger partial charge in [0.2, 0.25) is 5.91 Å². The van der Waals surface area contributed by atoms with E-state index in [0.717, 1.165) is 11.3 Å². The van der Waals surface area contributed by atoms with Crippen molar-refractivity contribution in [1.29, 1.82) is 0 Å². The van der Waals surface area contributed by atoms with Gasteiger partial charge in [-0.15, -0.1) is 11.8 Å². The Labute approximate surface area is 117 Å². The predicted molar refractivity (Wildman–Crippen MR) is 73.7 cm³/mol. The van der Waals surface area contributed by atoms with Gasteiger partial charge in [0.1, 0.15) is 6.54 Å². The fourth-order valence-corrected chi connectivity index (χ4v) is 3.20. The molecule has 1 aromatic rings. The zero-order valence-corrected chi connectivity index (χ0v) is 11.7. The van der Waals surface area contributed by atoms with Gasteiger partial charge in [0, 0.05) is 11.3 Å². The number of ether oxygens (including phenoxy) is 1. The van der Waals surface area contributed by atoms with Gasteiger partial charge < -0.3 is 9.64 Å². The van der Waals surface area contributed by atoms with E-state index in [4.69, 9.17) is 4.74 Å². The molecule has 1 heterocycles. The number of hydrogen-bond donors (Lipinski definition) is 0. The van der Waals surface area contributed by atoms with Crippen molar-refractivity contribution in [2.75, 3.05) is 13.2 Å². The Bertz CT molecular complexity index is 449. The van der Waals surface area contributed by atoms with Crippen LogP contribution in [-0.4, -0.2) is 35.3 Å². The van der Waals surface area contributed by atoms with Gasteiger partial charge in [-0.2, -0.15) is 0 Å². The van der Waals surface area contributed by atoms with Gasteiger partial charge in [0.05, 0.1) is 12.0 Å². The molecule has 1 unspecified atom stereocenters. The second kappa shape index (κ2) is 6.61. The number of carbonyl (C=O) groups excluding carboxylic acids is 2. The van der Waals surface area contributed by atoms with Crippen molar-refractivity contribution >= 4 is 23.6 Å². The minimum atomic E-state index is -0.337. The molecule has 1 atom stereocenters. The summed E-state index contributed by atoms with van der Waals surface area (Å²) in [7, 11) is 0. The molecule has 5 heteroatoms. The van der Waals surface area contributed by atoms with E-state index < -0.39 is 0 Å². The summed E-state index contributed by atoms with van der Waals surface area (Å²) in [5.41, 5.74) is 0. The highest BCUT2D eigenvalue weighted by Gasteiger charge is 2.33. The summed E-state index contributed by atoms with van der Waals surface area (Å²) in [4.78, 5) is 26.1. The third kappa shape index (κ3) is 3.73. The molecule has 0 bridgehead atoms. The van der Waals surface area contributed by atoms with Crippen LogP contribution in [0.2, 0.25) is 0 Å². The predicted octanol–water partition coefficient (Wildman–Crippen LogP) is 2.29. The lowest BCUT2D eigenvalue weighted by Gasteiger charge is -2.23. The molecule has 0 spiro atoms. The summed E-state index contributed by atoms with van der Waals surface area (Å²) in [6, 6.07) is 9.91. The molecule has 0 aromatic heterocycles. The molecule has 4 nitrogen and oxygen atoms in total. The molecule has 1 aliphatic rings. The Morgan fingerprint density at radius 3 is 2.84 bits per heavy atom. The van der Waals surface area contributed by atoms with Crippen LogP contribution >= 0.6 is 11.8 Å². The van der Waals surface area contributed by atoms with Crippen LogP contribution in [0.25, 0.3) is 0 Å². The minimum Gasteiger partial charge on any atom is -0.465 e. The fourth-order valence-electron chi connectivity index (χ4n) is 2.02. The van der Waals surface area contributed by atoms with Crippen molar-refractivity contribution in [2.45, 2.75) is 30.0 Å². The molecule has 0 saturated carbocycles. The summed E-state index contributed by atoms with van der Waals surface area (Å²) in [5, 5.41) is 0.0271. The first kappa shape index (κ1) is 13.9. The molecule has 1 amide bonds. The number of rotatable bonds is 5. The number of amides is 1. The van der Waals surface area contributed by atoms with Gasteiger partial charge in [0.25, 0.3) is 0 Å². The number of hydrogen-bond acceptors (Lipinski definition) is 4. The fraction of sp³-hybridized carbons (Fsp3) is 0.429. The molecular formula is C14H17NO3S. The van der Waals surface area contributed by atoms with E-state index in [1.54, 1.807) is 23.6 Å². The first-order valence-corrected chi connectivity index (χ1v) is 7.25. The quantitative estimate of drug-likeness (QED) is 0.776. The first-order valence-electron chi connectivity index (χ1n) is 6.37. The molecule has 19 heavy (non-hydrogen) atoms. The average molecular weight is 279 g/mol. The Morgan fingerprint density at radius 2 is 2.16 bits per heavy atom. The largest absolute Gasteiger partial charge is 0.465 e. The summed E-state index contributed by atoms with van der Waals surface area (Å²) < 4.78 is 4.91. The lowest BCUT2D eigenvalue weighted by molar-refractivity contribution is -0.147. The van der Waals surface area contributed by atoms with E-state index in [1.165, 1.54) is 0 Å². The molecule has 0 radical (unpaired) electrons. The zero-order valence-electron chi connectivity index (χ0n) is 10.9. The molecule has 102 valence electrons. The SMILES string of the molecule is CCOC(=O)CN1C(=O)CCC1Sc1ccccc1. The number of carbonyl (C=O) groups is 2. The van der Waals surface area contributed by atoms with Gasteiger partial charge in [0.15, 0.2) is 0 Å². The van der Waals surface area contributed by atoms with E-state index in [2.05, 4.69) is 0 Å². The highest BCUT2D eigenvalue weighted by Crippen LogP contribution is 2.33. The number of esters is 1. The Balaban J connectivity index is 1.99. The van der Waals surface area contributed by atoms with Crippen LogP contribution in [0.15, 0.2) is 35.2 Å². The van der Waals surface area contributed by atoms with Crippen molar-refractivity contribution < 1.29 is 14.3 Å². The molecule has 1 fully saturated rings. The summed E-state index contributed by atoms with van der Waals surface area (Å²) >= 11 is 1.62. The first-order chi connectivity index (χ1) is 9.20. The highest BCUT2D eigenvalue weighted by atomic mass is 32.2. The summed E-state index contributed by atoms with van der Waals surface area (Å²) in [5.74, 6) is -0.308. The average Bonchev–Trinajstić information content (AvgIpc) is 2.73. The smallest absolute Gasteiger partial charge is 0.325 e. The van der Waals surface area contributed by atoms with Crippen LogP contribution in [0.1, 0.15) is 19.8 Å². The van der Waals surface area contributed by atoms with Crippen LogP contribution in [0, 0.1) is 0 Å². The van der Waals surface area contributed by atoms with Gasteiger partial charge in [-0.05, 0) is 25.5 Å². The molecule has 1 saturated heterocycles. The van der Waals surface area contributed by atoms with Gasteiger partial charge in [-0.1, -0.05) is 18.2 Å². The monoisotopic (exact) mass is 279 g/mol. The third-order valence-electron chi connectivity index (χ3n) is 2.89. The molecule has 1 aromatic carbocycles. The standard InChI is InChI=1S/C14H17NO3S/c1-2-18-14(17)10-15-12(16)8-9-13(15)19-11-6-4-3-5-7-11/h3-7,13H,2,8-10H2,1H3. The molecule has 2 rings (SSSR count). The van der Waals surface area contributed by atoms with Gasteiger partial charge in [-0.3, -0.25) is 9.59 Å². The highest BCUT2D eigenvalue weighted by molar-refractivity contribution is 8.00. The van der Waals surface area contributed by atoms with E-state index >= 15 is 0 Å². The van der Waals surface area contributed by atoms with Crippen LogP contribution < -0.4 is 0 Å². The number of benzene rings is 1. The second-order valence-corrected chi connectivity index (χ2v) is 5.50. The lowest BCUT2D eigenvalue weighted by atomic mass is 10.4. The lowest BCUT2D eigenvalue weighted by Crippen LogP contribution is -2.36. The van der Waals surface area contributed by atoms with Gasteiger partial charge in [-0.25, -0.2) is 0 Å². The normalized spacial score (nSPS) is 18.7. The summed E-state index contributed by atoms with van der Waals surface area (Å²) in [6.07, 6.45) is 1.28. The minimum absolute atomic E-state index is 0.0271. The van der Waals surface area contributed by atoms with Crippen LogP contribution in [0.3, 0.4) is 0 Å².